The second-order valence-corrected chi connectivity index (χ2v) is 3.52. The number of hydrogen-bond donors (Lipinski definition) is 4. The predicted octanol–water partition coefficient (Wildman–Crippen LogP) is -1.86. The van der Waals surface area contributed by atoms with E-state index in [0.717, 1.165) is 0 Å². The first-order valence-corrected chi connectivity index (χ1v) is 3.84. The second kappa shape index (κ2) is 2.96. The molecule has 66 valence electrons. The summed E-state index contributed by atoms with van der Waals surface area (Å²) >= 11 is 2.64. The largest absolute Gasteiger partial charge is 0.394 e. The third-order valence-electron chi connectivity index (χ3n) is 1.57. The summed E-state index contributed by atoms with van der Waals surface area (Å²) in [6, 6.07) is 0. The van der Waals surface area contributed by atoms with Gasteiger partial charge in [-0.1, -0.05) is 0 Å². The van der Waals surface area contributed by atoms with E-state index >= 15 is 0 Å². The summed E-state index contributed by atoms with van der Waals surface area (Å²) in [5.74, 6) is 0. The van der Waals surface area contributed by atoms with Crippen LogP contribution in [0.2, 0.25) is 0 Å². The van der Waals surface area contributed by atoms with E-state index in [1.807, 2.05) is 0 Å². The molecule has 1 fully saturated rings. The van der Waals surface area contributed by atoms with E-state index in [2.05, 4.69) is 20.7 Å². The monoisotopic (exact) mass is 228 g/mol. The van der Waals surface area contributed by atoms with Crippen molar-refractivity contribution in [3.8, 4) is 0 Å². The molecular weight excluding hydrogens is 220 g/mol. The van der Waals surface area contributed by atoms with Crippen LogP contribution in [0.1, 0.15) is 0 Å². The van der Waals surface area contributed by atoms with Crippen molar-refractivity contribution in [1.82, 2.24) is 0 Å². The van der Waals surface area contributed by atoms with Crippen LogP contribution in [-0.4, -0.2) is 50.0 Å². The third-order valence-corrected chi connectivity index (χ3v) is 2.22. The van der Waals surface area contributed by atoms with Gasteiger partial charge in [0, 0.05) is 0 Å². The van der Waals surface area contributed by atoms with E-state index in [0.29, 0.717) is 0 Å². The quantitative estimate of drug-likeness (QED) is 0.396. The molecule has 11 heavy (non-hydrogen) atoms. The molecule has 0 saturated carbocycles. The molecule has 1 rings (SSSR count). The number of ether oxygens (including phenoxy) is 1. The average Bonchev–Trinajstić information content (AvgIpc) is 2.13. The lowest BCUT2D eigenvalue weighted by atomic mass is 10.1. The van der Waals surface area contributed by atoms with Gasteiger partial charge in [0.15, 0.2) is 0 Å². The molecule has 0 aromatic rings. The Bertz CT molecular complexity index is 150. The molecule has 1 heterocycles. The van der Waals surface area contributed by atoms with Gasteiger partial charge in [-0.2, -0.15) is 0 Å². The summed E-state index contributed by atoms with van der Waals surface area (Å²) in [5.41, 5.74) is 0. The Morgan fingerprint density at radius 2 is 2.00 bits per heavy atom. The molecule has 0 aromatic carbocycles. The molecule has 0 bridgehead atoms. The average molecular weight is 229 g/mol. The zero-order valence-corrected chi connectivity index (χ0v) is 7.10. The van der Waals surface area contributed by atoms with Crippen LogP contribution in [0.25, 0.3) is 0 Å². The van der Waals surface area contributed by atoms with Gasteiger partial charge in [0.05, 0.1) is 6.61 Å². The third kappa shape index (κ3) is 1.56. The smallest absolute Gasteiger partial charge is 0.254 e. The highest BCUT2D eigenvalue weighted by Crippen LogP contribution is 2.33. The molecule has 6 heteroatoms. The van der Waals surface area contributed by atoms with Crippen molar-refractivity contribution in [2.24, 2.45) is 0 Å². The molecule has 0 radical (unpaired) electrons. The Labute approximate surface area is 71.4 Å². The van der Waals surface area contributed by atoms with Gasteiger partial charge < -0.3 is 25.2 Å². The highest BCUT2D eigenvalue weighted by atomic mass is 79.9. The van der Waals surface area contributed by atoms with E-state index in [1.165, 1.54) is 0 Å². The van der Waals surface area contributed by atoms with E-state index in [9.17, 15) is 0 Å². The van der Waals surface area contributed by atoms with Crippen molar-refractivity contribution in [3.05, 3.63) is 0 Å². The summed E-state index contributed by atoms with van der Waals surface area (Å²) < 4.78 is 2.70. The minimum atomic E-state index is -1.94. The van der Waals surface area contributed by atoms with Crippen LogP contribution < -0.4 is 0 Å². The topological polar surface area (TPSA) is 90.2 Å². The van der Waals surface area contributed by atoms with Gasteiger partial charge in [-0.3, -0.25) is 0 Å². The number of halogens is 1. The van der Waals surface area contributed by atoms with Crippen molar-refractivity contribution in [1.29, 1.82) is 0 Å². The predicted molar refractivity (Wildman–Crippen MR) is 37.8 cm³/mol. The van der Waals surface area contributed by atoms with Gasteiger partial charge in [0.2, 0.25) is 0 Å². The van der Waals surface area contributed by atoms with Crippen LogP contribution in [0.4, 0.5) is 0 Å². The fourth-order valence-corrected chi connectivity index (χ4v) is 1.42. The molecule has 4 atom stereocenters. The zero-order chi connectivity index (χ0) is 8.65. The number of hydrogen-bond acceptors (Lipinski definition) is 5. The summed E-state index contributed by atoms with van der Waals surface area (Å²) in [6.07, 6.45) is -3.67. The summed E-state index contributed by atoms with van der Waals surface area (Å²) in [5, 5.41) is 35.8. The SMILES string of the molecule is OC[C@H]1O[C@@](O)(Br)[C@H](O)[C@@H]1O. The Hall–Kier alpha value is 0.280. The minimum Gasteiger partial charge on any atom is -0.394 e. The molecule has 1 saturated heterocycles. The molecule has 0 amide bonds. The maximum atomic E-state index is 9.11. The van der Waals surface area contributed by atoms with Crippen molar-refractivity contribution in [2.45, 2.75) is 23.0 Å². The van der Waals surface area contributed by atoms with Crippen molar-refractivity contribution < 1.29 is 25.2 Å². The Morgan fingerprint density at radius 1 is 1.45 bits per heavy atom. The number of rotatable bonds is 1. The summed E-state index contributed by atoms with van der Waals surface area (Å²) in [4.78, 5) is 0. The molecule has 0 spiro atoms. The number of aliphatic hydroxyl groups excluding tert-OH is 3. The van der Waals surface area contributed by atoms with Crippen molar-refractivity contribution >= 4 is 15.9 Å². The first kappa shape index (κ1) is 9.37. The van der Waals surface area contributed by atoms with Crippen molar-refractivity contribution in [3.63, 3.8) is 0 Å². The van der Waals surface area contributed by atoms with Gasteiger partial charge >= 0.3 is 0 Å². The van der Waals surface area contributed by atoms with Crippen LogP contribution in [0, 0.1) is 0 Å². The van der Waals surface area contributed by atoms with E-state index in [-0.39, 0.29) is 0 Å². The Kier molecular flexibility index (Phi) is 2.53. The highest BCUT2D eigenvalue weighted by Gasteiger charge is 2.51. The molecular formula is C5H9BrO5. The Morgan fingerprint density at radius 3 is 2.18 bits per heavy atom. The first-order valence-electron chi connectivity index (χ1n) is 3.05. The lowest BCUT2D eigenvalue weighted by molar-refractivity contribution is -0.156. The van der Waals surface area contributed by atoms with Crippen LogP contribution in [0.15, 0.2) is 0 Å². The fraction of sp³-hybridized carbons (Fsp3) is 1.00. The maximum absolute atomic E-state index is 9.11. The minimum absolute atomic E-state index is 0.452. The summed E-state index contributed by atoms with van der Waals surface area (Å²) in [7, 11) is 0. The molecule has 1 aliphatic heterocycles. The summed E-state index contributed by atoms with van der Waals surface area (Å²) in [6.45, 7) is -0.452. The van der Waals surface area contributed by atoms with Crippen LogP contribution in [0.5, 0.6) is 0 Å². The first-order chi connectivity index (χ1) is 4.99. The van der Waals surface area contributed by atoms with Gasteiger partial charge in [-0.25, -0.2) is 0 Å². The molecule has 0 aromatic heterocycles. The fourth-order valence-electron chi connectivity index (χ4n) is 0.911. The molecule has 1 aliphatic rings. The standard InChI is InChI=1S/C5H9BrO5/c6-5(10)4(9)3(8)2(1-7)11-5/h2-4,7-10H,1H2/t2-,3-,4-,5-/m1/s1. The second-order valence-electron chi connectivity index (χ2n) is 2.38. The van der Waals surface area contributed by atoms with Crippen LogP contribution in [0.3, 0.4) is 0 Å². The Balaban J connectivity index is 2.69. The number of alkyl halides is 1. The number of aliphatic hydroxyl groups is 4. The van der Waals surface area contributed by atoms with Gasteiger partial charge in [-0.15, -0.1) is 0 Å². The molecule has 0 unspecified atom stereocenters. The molecule has 5 nitrogen and oxygen atoms in total. The van der Waals surface area contributed by atoms with Gasteiger partial charge in [-0.05, 0) is 15.9 Å². The normalized spacial score (nSPS) is 51.5. The van der Waals surface area contributed by atoms with Crippen LogP contribution >= 0.6 is 15.9 Å². The van der Waals surface area contributed by atoms with Crippen LogP contribution in [-0.2, 0) is 4.74 Å². The van der Waals surface area contributed by atoms with Crippen molar-refractivity contribution in [2.75, 3.05) is 6.61 Å². The van der Waals surface area contributed by atoms with Gasteiger partial charge in [0.25, 0.3) is 4.70 Å². The maximum Gasteiger partial charge on any atom is 0.254 e. The molecule has 4 N–H and O–H groups in total. The van der Waals surface area contributed by atoms with E-state index in [1.54, 1.807) is 0 Å². The molecule has 0 aliphatic carbocycles. The van der Waals surface area contributed by atoms with E-state index < -0.39 is 29.6 Å². The zero-order valence-electron chi connectivity index (χ0n) is 5.51. The van der Waals surface area contributed by atoms with E-state index in [4.69, 9.17) is 20.4 Å². The lowest BCUT2D eigenvalue weighted by Gasteiger charge is -2.17. The highest BCUT2D eigenvalue weighted by molar-refractivity contribution is 9.10. The van der Waals surface area contributed by atoms with Gasteiger partial charge in [0.1, 0.15) is 18.3 Å². The lowest BCUT2D eigenvalue weighted by Crippen LogP contribution is -2.38.